The Kier molecular flexibility index (Phi) is 8.82. The molecule has 5 nitrogen and oxygen atoms in total. The molecule has 2 N–H and O–H groups in total. The summed E-state index contributed by atoms with van der Waals surface area (Å²) in [6.45, 7) is 3.96. The Bertz CT molecular complexity index is 524. The molecule has 1 aromatic rings. The van der Waals surface area contributed by atoms with Crippen molar-refractivity contribution in [3.8, 4) is 0 Å². The lowest BCUT2D eigenvalue weighted by Gasteiger charge is -2.07. The molecule has 1 aromatic carbocycles. The first-order valence-corrected chi connectivity index (χ1v) is 7.62. The smallest absolute Gasteiger partial charge is 0.254 e. The molecule has 128 valence electrons. The van der Waals surface area contributed by atoms with Crippen LogP contribution in [0.25, 0.3) is 0 Å². The maximum Gasteiger partial charge on any atom is 0.254 e. The van der Waals surface area contributed by atoms with Gasteiger partial charge in [-0.1, -0.05) is 0 Å². The molecular weight excluding hydrogens is 306 g/mol. The van der Waals surface area contributed by atoms with Crippen molar-refractivity contribution in [2.24, 2.45) is 0 Å². The van der Waals surface area contributed by atoms with Gasteiger partial charge in [0.1, 0.15) is 11.6 Å². The first-order valence-electron chi connectivity index (χ1n) is 7.62. The second-order valence-electron chi connectivity index (χ2n) is 4.88. The van der Waals surface area contributed by atoms with Gasteiger partial charge in [-0.15, -0.1) is 0 Å². The quantitative estimate of drug-likeness (QED) is 0.646. The van der Waals surface area contributed by atoms with Gasteiger partial charge in [0.05, 0.1) is 5.56 Å². The average Bonchev–Trinajstić information content (AvgIpc) is 2.51. The van der Waals surface area contributed by atoms with E-state index < -0.39 is 17.5 Å². The van der Waals surface area contributed by atoms with Crippen LogP contribution >= 0.6 is 0 Å². The second kappa shape index (κ2) is 10.7. The minimum absolute atomic E-state index is 0.108. The number of halogens is 2. The number of rotatable bonds is 10. The summed E-state index contributed by atoms with van der Waals surface area (Å²) < 4.78 is 31.3. The number of benzene rings is 1. The molecule has 0 aromatic heterocycles. The van der Waals surface area contributed by atoms with Crippen molar-refractivity contribution in [2.75, 3.05) is 26.3 Å². The third-order valence-electron chi connectivity index (χ3n) is 3.03. The van der Waals surface area contributed by atoms with Crippen molar-refractivity contribution >= 4 is 11.8 Å². The van der Waals surface area contributed by atoms with E-state index in [0.717, 1.165) is 18.6 Å². The summed E-state index contributed by atoms with van der Waals surface area (Å²) in [6.07, 6.45) is 1.45. The monoisotopic (exact) mass is 328 g/mol. The molecule has 0 saturated heterocycles. The number of nitrogens with one attached hydrogen (secondary N) is 2. The number of carbonyl (C=O) groups excluding carboxylic acids is 2. The molecule has 0 spiro atoms. The van der Waals surface area contributed by atoms with Crippen LogP contribution < -0.4 is 10.6 Å². The summed E-state index contributed by atoms with van der Waals surface area (Å²) in [4.78, 5) is 23.2. The molecule has 23 heavy (non-hydrogen) atoms. The Hall–Kier alpha value is -2.02. The van der Waals surface area contributed by atoms with Crippen LogP contribution in [0.2, 0.25) is 0 Å². The van der Waals surface area contributed by atoms with Gasteiger partial charge >= 0.3 is 0 Å². The number of hydrogen-bond acceptors (Lipinski definition) is 3. The highest BCUT2D eigenvalue weighted by molar-refractivity contribution is 5.94. The van der Waals surface area contributed by atoms with Crippen molar-refractivity contribution < 1.29 is 23.1 Å². The Morgan fingerprint density at radius 1 is 1.13 bits per heavy atom. The van der Waals surface area contributed by atoms with Gasteiger partial charge < -0.3 is 15.4 Å². The summed E-state index contributed by atoms with van der Waals surface area (Å²) >= 11 is 0. The number of carbonyl (C=O) groups is 2. The predicted molar refractivity (Wildman–Crippen MR) is 82.0 cm³/mol. The fourth-order valence-corrected chi connectivity index (χ4v) is 1.85. The predicted octanol–water partition coefficient (Wildman–Crippen LogP) is 2.02. The van der Waals surface area contributed by atoms with E-state index in [1.807, 2.05) is 6.92 Å². The summed E-state index contributed by atoms with van der Waals surface area (Å²) in [7, 11) is 0. The van der Waals surface area contributed by atoms with E-state index in [1.54, 1.807) is 0 Å². The fraction of sp³-hybridized carbons (Fsp3) is 0.500. The van der Waals surface area contributed by atoms with E-state index in [9.17, 15) is 18.4 Å². The van der Waals surface area contributed by atoms with Crippen LogP contribution in [0.3, 0.4) is 0 Å². The van der Waals surface area contributed by atoms with Crippen molar-refractivity contribution in [3.05, 3.63) is 35.4 Å². The normalized spacial score (nSPS) is 10.4. The minimum Gasteiger partial charge on any atom is -0.382 e. The van der Waals surface area contributed by atoms with E-state index in [-0.39, 0.29) is 24.4 Å². The van der Waals surface area contributed by atoms with Crippen molar-refractivity contribution in [1.82, 2.24) is 10.6 Å². The zero-order valence-corrected chi connectivity index (χ0v) is 13.2. The van der Waals surface area contributed by atoms with Gasteiger partial charge in [0.2, 0.25) is 5.91 Å². The van der Waals surface area contributed by atoms with E-state index in [2.05, 4.69) is 10.6 Å². The third kappa shape index (κ3) is 7.69. The number of amides is 2. The molecule has 0 aliphatic carbocycles. The number of ether oxygens (including phenoxy) is 1. The van der Waals surface area contributed by atoms with Crippen molar-refractivity contribution in [2.45, 2.75) is 26.2 Å². The van der Waals surface area contributed by atoms with Crippen LogP contribution in [0.15, 0.2) is 18.2 Å². The zero-order chi connectivity index (χ0) is 17.1. The molecule has 0 radical (unpaired) electrons. The second-order valence-corrected chi connectivity index (χ2v) is 4.88. The molecule has 0 aliphatic heterocycles. The topological polar surface area (TPSA) is 67.4 Å². The first-order chi connectivity index (χ1) is 11.0. The van der Waals surface area contributed by atoms with Crippen LogP contribution in [-0.2, 0) is 9.53 Å². The van der Waals surface area contributed by atoms with Gasteiger partial charge in [0.25, 0.3) is 5.91 Å². The van der Waals surface area contributed by atoms with Gasteiger partial charge in [-0.3, -0.25) is 9.59 Å². The lowest BCUT2D eigenvalue weighted by atomic mass is 10.2. The standard InChI is InChI=1S/C16H22F2N2O3/c1-2-23-10-4-9-19-15(21)5-3-8-20-16(22)13-7-6-12(17)11-14(13)18/h6-7,11H,2-5,8-10H2,1H3,(H,19,21)(H,20,22). The average molecular weight is 328 g/mol. The summed E-state index contributed by atoms with van der Waals surface area (Å²) in [5.74, 6) is -2.38. The highest BCUT2D eigenvalue weighted by atomic mass is 19.1. The molecule has 0 heterocycles. The molecule has 0 atom stereocenters. The van der Waals surface area contributed by atoms with Crippen molar-refractivity contribution in [1.29, 1.82) is 0 Å². The molecule has 2 amide bonds. The molecular formula is C16H22F2N2O3. The van der Waals surface area contributed by atoms with E-state index in [0.29, 0.717) is 32.2 Å². The SMILES string of the molecule is CCOCCCNC(=O)CCCNC(=O)c1ccc(F)cc1F. The largest absolute Gasteiger partial charge is 0.382 e. The summed E-state index contributed by atoms with van der Waals surface area (Å²) in [5, 5.41) is 5.24. The molecule has 0 unspecified atom stereocenters. The third-order valence-corrected chi connectivity index (χ3v) is 3.03. The lowest BCUT2D eigenvalue weighted by molar-refractivity contribution is -0.121. The van der Waals surface area contributed by atoms with E-state index >= 15 is 0 Å². The van der Waals surface area contributed by atoms with Crippen LogP contribution in [0.5, 0.6) is 0 Å². The Morgan fingerprint density at radius 3 is 2.57 bits per heavy atom. The lowest BCUT2D eigenvalue weighted by Crippen LogP contribution is -2.28. The van der Waals surface area contributed by atoms with Crippen LogP contribution in [0.1, 0.15) is 36.5 Å². The van der Waals surface area contributed by atoms with Crippen LogP contribution in [0.4, 0.5) is 8.78 Å². The minimum atomic E-state index is -0.908. The van der Waals surface area contributed by atoms with Gasteiger partial charge in [-0.25, -0.2) is 8.78 Å². The van der Waals surface area contributed by atoms with Gasteiger partial charge in [-0.05, 0) is 31.9 Å². The molecule has 0 aliphatic rings. The van der Waals surface area contributed by atoms with Crippen LogP contribution in [-0.4, -0.2) is 38.1 Å². The van der Waals surface area contributed by atoms with Gasteiger partial charge in [0.15, 0.2) is 0 Å². The Labute approximate surface area is 134 Å². The highest BCUT2D eigenvalue weighted by Crippen LogP contribution is 2.09. The molecule has 7 heteroatoms. The first kappa shape index (κ1) is 19.0. The van der Waals surface area contributed by atoms with Crippen molar-refractivity contribution in [3.63, 3.8) is 0 Å². The Balaban J connectivity index is 2.16. The maximum absolute atomic E-state index is 13.4. The summed E-state index contributed by atoms with van der Waals surface area (Å²) in [5.41, 5.74) is -0.216. The van der Waals surface area contributed by atoms with E-state index in [4.69, 9.17) is 4.74 Å². The van der Waals surface area contributed by atoms with E-state index in [1.165, 1.54) is 0 Å². The zero-order valence-electron chi connectivity index (χ0n) is 13.2. The Morgan fingerprint density at radius 2 is 1.87 bits per heavy atom. The molecule has 0 saturated carbocycles. The number of hydrogen-bond donors (Lipinski definition) is 2. The molecule has 0 fully saturated rings. The molecule has 0 bridgehead atoms. The molecule has 1 rings (SSSR count). The van der Waals surface area contributed by atoms with Gasteiger partial charge in [0, 0.05) is 38.8 Å². The highest BCUT2D eigenvalue weighted by Gasteiger charge is 2.11. The van der Waals surface area contributed by atoms with Gasteiger partial charge in [-0.2, -0.15) is 0 Å². The maximum atomic E-state index is 13.4. The summed E-state index contributed by atoms with van der Waals surface area (Å²) in [6, 6.07) is 2.77. The van der Waals surface area contributed by atoms with Crippen LogP contribution in [0, 0.1) is 11.6 Å². The fourth-order valence-electron chi connectivity index (χ4n) is 1.85.